The number of carbonyl (C=O) groups is 1. The third kappa shape index (κ3) is 1670. The van der Waals surface area contributed by atoms with Gasteiger partial charge in [0.05, 0.1) is 0 Å². The van der Waals surface area contributed by atoms with Crippen LogP contribution in [0.1, 0.15) is 0 Å². The van der Waals surface area contributed by atoms with E-state index in [1.54, 1.807) is 0 Å². The van der Waals surface area contributed by atoms with Crippen LogP contribution in [-0.4, -0.2) is 31.1 Å². The SMILES string of the molecule is CS(C)(C)C.NC(N)=O. The van der Waals surface area contributed by atoms with Gasteiger partial charge in [0.15, 0.2) is 0 Å². The van der Waals surface area contributed by atoms with Crippen molar-refractivity contribution in [2.45, 2.75) is 0 Å². The molecule has 3 nitrogen and oxygen atoms in total. The number of carbonyl (C=O) groups excluding carboxylic acids is 1. The van der Waals surface area contributed by atoms with Gasteiger partial charge in [0.25, 0.3) is 0 Å². The van der Waals surface area contributed by atoms with Crippen LogP contribution in [0, 0.1) is 0 Å². The van der Waals surface area contributed by atoms with E-state index in [0.29, 0.717) is 0 Å². The van der Waals surface area contributed by atoms with Crippen LogP contribution in [0.25, 0.3) is 0 Å². The zero-order valence-corrected chi connectivity index (χ0v) is 7.29. The Morgan fingerprint density at radius 2 is 1.11 bits per heavy atom. The quantitative estimate of drug-likeness (QED) is 0.516. The van der Waals surface area contributed by atoms with Crippen molar-refractivity contribution in [3.05, 3.63) is 0 Å². The lowest BCUT2D eigenvalue weighted by molar-refractivity contribution is 0.256. The standard InChI is InChI=1S/C4H12S.CH4N2O/c1-5(2,3)4;2-1(3)4/h1-4H3;(H4,2,3,4). The molecule has 4 heteroatoms. The first kappa shape index (κ1) is 11.4. The monoisotopic (exact) mass is 152 g/mol. The third-order valence-electron chi connectivity index (χ3n) is 0. The molecule has 0 heterocycles. The number of nitrogens with two attached hydrogens (primary N) is 2. The highest BCUT2D eigenvalue weighted by molar-refractivity contribution is 8.31. The summed E-state index contributed by atoms with van der Waals surface area (Å²) < 4.78 is 0. The topological polar surface area (TPSA) is 69.1 Å². The van der Waals surface area contributed by atoms with Crippen molar-refractivity contribution in [3.8, 4) is 0 Å². The predicted octanol–water partition coefficient (Wildman–Crippen LogP) is 0.334. The maximum atomic E-state index is 9.00. The molecule has 0 bridgehead atoms. The predicted molar refractivity (Wildman–Crippen MR) is 45.1 cm³/mol. The molecule has 0 saturated carbocycles. The highest BCUT2D eigenvalue weighted by Crippen LogP contribution is 2.27. The van der Waals surface area contributed by atoms with Crippen LogP contribution in [0.5, 0.6) is 0 Å². The van der Waals surface area contributed by atoms with E-state index in [4.69, 9.17) is 4.79 Å². The fraction of sp³-hybridized carbons (Fsp3) is 0.800. The van der Waals surface area contributed by atoms with Gasteiger partial charge in [-0.05, 0) is 25.0 Å². The first-order valence-corrected chi connectivity index (χ1v) is 5.68. The molecule has 0 aliphatic rings. The second kappa shape index (κ2) is 4.49. The van der Waals surface area contributed by atoms with Crippen LogP contribution in [0.15, 0.2) is 0 Å². The minimum atomic E-state index is -0.833. The summed E-state index contributed by atoms with van der Waals surface area (Å²) >= 11 is 0. The fourth-order valence-electron chi connectivity index (χ4n) is 0. The molecule has 0 rings (SSSR count). The summed E-state index contributed by atoms with van der Waals surface area (Å²) in [5.74, 6) is 0. The largest absolute Gasteiger partial charge is 0.352 e. The van der Waals surface area contributed by atoms with Crippen LogP contribution in [0.3, 0.4) is 0 Å². The van der Waals surface area contributed by atoms with Gasteiger partial charge in [0.2, 0.25) is 0 Å². The summed E-state index contributed by atoms with van der Waals surface area (Å²) in [6, 6.07) is -0.833. The van der Waals surface area contributed by atoms with Gasteiger partial charge in [-0.25, -0.2) is 4.79 Å². The Bertz CT molecular complexity index is 77.4. The number of primary amides is 2. The van der Waals surface area contributed by atoms with Crippen molar-refractivity contribution >= 4 is 16.1 Å². The van der Waals surface area contributed by atoms with Gasteiger partial charge in [0, 0.05) is 0 Å². The number of hydrogen-bond acceptors (Lipinski definition) is 1. The normalized spacial score (nSPS) is 11.1. The van der Waals surface area contributed by atoms with Gasteiger partial charge < -0.3 is 11.5 Å². The maximum Gasteiger partial charge on any atom is 0.309 e. The molecule has 58 valence electrons. The number of urea groups is 1. The van der Waals surface area contributed by atoms with Crippen LogP contribution in [0.2, 0.25) is 0 Å². The zero-order chi connectivity index (χ0) is 8.08. The Morgan fingerprint density at radius 3 is 1.11 bits per heavy atom. The lowest BCUT2D eigenvalue weighted by Gasteiger charge is -2.15. The van der Waals surface area contributed by atoms with E-state index < -0.39 is 6.03 Å². The van der Waals surface area contributed by atoms with E-state index in [1.807, 2.05) is 0 Å². The van der Waals surface area contributed by atoms with Gasteiger partial charge >= 0.3 is 6.03 Å². The summed E-state index contributed by atoms with van der Waals surface area (Å²) in [6.45, 7) is 0. The summed E-state index contributed by atoms with van der Waals surface area (Å²) in [4.78, 5) is 9.00. The van der Waals surface area contributed by atoms with Gasteiger partial charge in [-0.1, -0.05) is 0 Å². The van der Waals surface area contributed by atoms with E-state index in [-0.39, 0.29) is 10.0 Å². The second-order valence-corrected chi connectivity index (χ2v) is 7.75. The van der Waals surface area contributed by atoms with Crippen LogP contribution >= 0.6 is 10.0 Å². The zero-order valence-electron chi connectivity index (χ0n) is 6.47. The lowest BCUT2D eigenvalue weighted by atomic mass is 11.2. The highest BCUT2D eigenvalue weighted by atomic mass is 32.3. The molecule has 0 aromatic carbocycles. The molecular formula is C5H16N2OS. The summed E-state index contributed by atoms with van der Waals surface area (Å²) in [6.07, 6.45) is 9.08. The van der Waals surface area contributed by atoms with Crippen molar-refractivity contribution < 1.29 is 4.79 Å². The molecule has 0 aliphatic heterocycles. The fourth-order valence-corrected chi connectivity index (χ4v) is 0. The Morgan fingerprint density at radius 1 is 1.11 bits per heavy atom. The van der Waals surface area contributed by atoms with E-state index in [0.717, 1.165) is 0 Å². The third-order valence-corrected chi connectivity index (χ3v) is 0. The first-order chi connectivity index (χ1) is 3.73. The Hall–Kier alpha value is -0.380. The minimum absolute atomic E-state index is 0.167. The van der Waals surface area contributed by atoms with Crippen LogP contribution in [0.4, 0.5) is 4.79 Å². The van der Waals surface area contributed by atoms with E-state index in [2.05, 4.69) is 36.5 Å². The van der Waals surface area contributed by atoms with Crippen molar-refractivity contribution in [2.24, 2.45) is 11.5 Å². The molecule has 2 amide bonds. The Balaban J connectivity index is 0. The minimum Gasteiger partial charge on any atom is -0.352 e. The van der Waals surface area contributed by atoms with Crippen molar-refractivity contribution in [1.29, 1.82) is 0 Å². The van der Waals surface area contributed by atoms with Gasteiger partial charge in [-0.2, -0.15) is 0 Å². The Kier molecular flexibility index (Phi) is 5.70. The molecule has 0 spiro atoms. The number of rotatable bonds is 0. The molecule has 0 saturated heterocycles. The highest BCUT2D eigenvalue weighted by Gasteiger charge is 1.86. The molecule has 4 N–H and O–H groups in total. The molecule has 0 aliphatic carbocycles. The molecule has 0 fully saturated rings. The smallest absolute Gasteiger partial charge is 0.309 e. The van der Waals surface area contributed by atoms with E-state index in [9.17, 15) is 0 Å². The summed E-state index contributed by atoms with van der Waals surface area (Å²) in [7, 11) is -0.167. The molecule has 0 atom stereocenters. The number of amides is 2. The molecule has 0 aromatic rings. The Labute approximate surface area is 58.1 Å². The molecule has 9 heavy (non-hydrogen) atoms. The molecule has 0 radical (unpaired) electrons. The molecule has 0 aromatic heterocycles. The van der Waals surface area contributed by atoms with E-state index >= 15 is 0 Å². The first-order valence-electron chi connectivity index (χ1n) is 2.41. The summed E-state index contributed by atoms with van der Waals surface area (Å²) in [5, 5.41) is 0. The molecular weight excluding hydrogens is 136 g/mol. The van der Waals surface area contributed by atoms with Crippen LogP contribution < -0.4 is 11.5 Å². The van der Waals surface area contributed by atoms with Crippen molar-refractivity contribution in [2.75, 3.05) is 25.0 Å². The van der Waals surface area contributed by atoms with Gasteiger partial charge in [0.1, 0.15) is 0 Å². The van der Waals surface area contributed by atoms with Crippen molar-refractivity contribution in [3.63, 3.8) is 0 Å². The average molecular weight is 152 g/mol. The van der Waals surface area contributed by atoms with Crippen LogP contribution in [-0.2, 0) is 0 Å². The maximum absolute atomic E-state index is 9.00. The summed E-state index contributed by atoms with van der Waals surface area (Å²) in [5.41, 5.74) is 8.50. The van der Waals surface area contributed by atoms with E-state index in [1.165, 1.54) is 0 Å². The van der Waals surface area contributed by atoms with Gasteiger partial charge in [-0.15, -0.1) is 0 Å². The average Bonchev–Trinajstić information content (AvgIpc) is 1.19. The molecule has 0 unspecified atom stereocenters. The number of hydrogen-bond donors (Lipinski definition) is 2. The lowest BCUT2D eigenvalue weighted by Crippen LogP contribution is -2.18. The second-order valence-electron chi connectivity index (χ2n) is 2.85. The van der Waals surface area contributed by atoms with Crippen molar-refractivity contribution in [1.82, 2.24) is 0 Å². The van der Waals surface area contributed by atoms with Gasteiger partial charge in [-0.3, -0.25) is 10.0 Å².